The second-order valence-electron chi connectivity index (χ2n) is 12.2. The first kappa shape index (κ1) is 38.6. The van der Waals surface area contributed by atoms with Gasteiger partial charge in [0, 0.05) is 17.5 Å². The van der Waals surface area contributed by atoms with Crippen LogP contribution in [0, 0.1) is 32.1 Å². The van der Waals surface area contributed by atoms with Gasteiger partial charge in [-0.3, -0.25) is 0 Å². The molecule has 1 aromatic heterocycles. The van der Waals surface area contributed by atoms with Crippen LogP contribution in [0.25, 0.3) is 0 Å². The molecule has 0 saturated carbocycles. The van der Waals surface area contributed by atoms with Crippen LogP contribution in [0.4, 0.5) is 5.69 Å². The number of allylic oxidation sites excluding steroid dienone is 1. The third kappa shape index (κ3) is 6.89. The van der Waals surface area contributed by atoms with Gasteiger partial charge in [0.15, 0.2) is 0 Å². The van der Waals surface area contributed by atoms with Gasteiger partial charge in [0.05, 0.1) is 48.1 Å². The van der Waals surface area contributed by atoms with E-state index in [0.717, 1.165) is 22.4 Å². The molecule has 52 heavy (non-hydrogen) atoms. The third-order valence-electron chi connectivity index (χ3n) is 8.83. The van der Waals surface area contributed by atoms with Crippen molar-refractivity contribution in [1.82, 2.24) is 4.98 Å². The summed E-state index contributed by atoms with van der Waals surface area (Å²) in [4.78, 5) is 40.2. The van der Waals surface area contributed by atoms with E-state index in [1.165, 1.54) is 55.6 Å². The van der Waals surface area contributed by atoms with Gasteiger partial charge >= 0.3 is 17.9 Å². The first-order valence-corrected chi connectivity index (χ1v) is 16.0. The van der Waals surface area contributed by atoms with Crippen LogP contribution in [-0.4, -0.2) is 62.1 Å². The van der Waals surface area contributed by atoms with Gasteiger partial charge in [-0.25, -0.2) is 19.4 Å². The third-order valence-corrected chi connectivity index (χ3v) is 8.83. The number of carbonyl (C=O) groups is 3. The van der Waals surface area contributed by atoms with Crippen molar-refractivity contribution in [2.45, 2.75) is 51.7 Å². The smallest absolute Gasteiger partial charge is 0.344 e. The van der Waals surface area contributed by atoms with Gasteiger partial charge in [-0.05, 0) is 63.4 Å². The van der Waals surface area contributed by atoms with E-state index in [0.29, 0.717) is 40.6 Å². The lowest BCUT2D eigenvalue weighted by molar-refractivity contribution is -0.213. The lowest BCUT2D eigenvalue weighted by atomic mass is 9.73. The molecule has 2 heterocycles. The second-order valence-corrected chi connectivity index (χ2v) is 12.2. The maximum atomic E-state index is 12.2. The molecule has 3 atom stereocenters. The molecule has 13 heteroatoms. The lowest BCUT2D eigenvalue weighted by Crippen LogP contribution is -2.59. The van der Waals surface area contributed by atoms with E-state index >= 15 is 0 Å². The maximum absolute atomic E-state index is 12.2. The summed E-state index contributed by atoms with van der Waals surface area (Å²) in [5, 5.41) is 63.2. The zero-order chi connectivity index (χ0) is 38.5. The average Bonchev–Trinajstić information content (AvgIpc) is 3.12. The van der Waals surface area contributed by atoms with Crippen LogP contribution in [0.15, 0.2) is 84.2 Å². The molecule has 1 aliphatic rings. The number of methoxy groups -OCH3 is 1. The lowest BCUT2D eigenvalue weighted by Gasteiger charge is -2.37. The Morgan fingerprint density at radius 2 is 1.38 bits per heavy atom. The fourth-order valence-corrected chi connectivity index (χ4v) is 6.09. The molecule has 0 unspecified atom stereocenters. The Kier molecular flexibility index (Phi) is 11.4. The number of rotatable bonds is 10. The SMILES string of the molecule is CCOc1ncc(C)c2c1[C@H](c1ccc(C#N)cc1OC)C(C(=O)O)=C(C)N2.Cc1ccc([C@@](O)(C(=O)O)[C@](O)(C(=O)O)c2ccc(C)cc2)cc1. The number of carboxylic acid groups (broad SMARTS) is 3. The van der Waals surface area contributed by atoms with Crippen LogP contribution in [0.3, 0.4) is 0 Å². The fraction of sp³-hybridized carbons (Fsp3) is 0.256. The molecule has 0 aliphatic carbocycles. The normalized spacial score (nSPS) is 15.6. The quantitative estimate of drug-likeness (QED) is 0.126. The van der Waals surface area contributed by atoms with E-state index in [4.69, 9.17) is 9.47 Å². The molecule has 0 bridgehead atoms. The summed E-state index contributed by atoms with van der Waals surface area (Å²) in [6.45, 7) is 9.39. The number of nitrogens with zero attached hydrogens (tertiary/aromatic N) is 2. The number of anilines is 1. The predicted molar refractivity (Wildman–Crippen MR) is 189 cm³/mol. The Balaban J connectivity index is 0.000000236. The number of aliphatic hydroxyl groups is 2. The average molecular weight is 710 g/mol. The first-order chi connectivity index (χ1) is 24.6. The minimum absolute atomic E-state index is 0.184. The zero-order valence-electron chi connectivity index (χ0n) is 29.4. The Morgan fingerprint density at radius 3 is 1.81 bits per heavy atom. The standard InChI is InChI=1S/C21H21N3O4.C18H18O6/c1-5-28-20-18-17(14-7-6-13(9-22)8-15(14)27-4)16(21(25)26)12(3)24-19(18)11(2)10-23-20;1-11-3-7-13(8-4-11)17(23,15(19)20)18(24,16(21)22)14-9-5-12(2)6-10-14/h6-8,10,17,24H,5H2,1-4H3,(H,25,26);3-10,23-24H,1-2H3,(H,19,20)(H,21,22)/t17-;17-,18-/m11/s1. The first-order valence-electron chi connectivity index (χ1n) is 16.0. The number of aliphatic carboxylic acids is 3. The van der Waals surface area contributed by atoms with Gasteiger partial charge in [0.1, 0.15) is 5.75 Å². The van der Waals surface area contributed by atoms with Crippen LogP contribution in [-0.2, 0) is 25.6 Å². The monoisotopic (exact) mass is 709 g/mol. The van der Waals surface area contributed by atoms with Crippen molar-refractivity contribution < 1.29 is 49.4 Å². The number of hydrogen-bond donors (Lipinski definition) is 6. The maximum Gasteiger partial charge on any atom is 0.344 e. The highest BCUT2D eigenvalue weighted by Crippen LogP contribution is 2.49. The molecule has 4 aromatic rings. The number of nitriles is 1. The van der Waals surface area contributed by atoms with E-state index in [9.17, 15) is 45.2 Å². The van der Waals surface area contributed by atoms with Crippen molar-refractivity contribution >= 4 is 23.6 Å². The van der Waals surface area contributed by atoms with Crippen LogP contribution in [0.2, 0.25) is 0 Å². The summed E-state index contributed by atoms with van der Waals surface area (Å²) < 4.78 is 11.2. The molecule has 0 saturated heterocycles. The van der Waals surface area contributed by atoms with Crippen molar-refractivity contribution in [3.63, 3.8) is 0 Å². The van der Waals surface area contributed by atoms with Gasteiger partial charge in [-0.15, -0.1) is 0 Å². The number of aryl methyl sites for hydroxylation is 3. The van der Waals surface area contributed by atoms with E-state index in [2.05, 4.69) is 16.4 Å². The Hall–Kier alpha value is -6.23. The minimum Gasteiger partial charge on any atom is -0.496 e. The molecule has 0 fully saturated rings. The van der Waals surface area contributed by atoms with Gasteiger partial charge in [0.2, 0.25) is 17.1 Å². The molecule has 6 N–H and O–H groups in total. The van der Waals surface area contributed by atoms with E-state index in [1.54, 1.807) is 45.2 Å². The number of fused-ring (bicyclic) bond motifs is 1. The molecule has 0 spiro atoms. The summed E-state index contributed by atoms with van der Waals surface area (Å²) in [6, 6.07) is 18.3. The zero-order valence-corrected chi connectivity index (χ0v) is 29.4. The second kappa shape index (κ2) is 15.3. The van der Waals surface area contributed by atoms with Crippen molar-refractivity contribution in [2.75, 3.05) is 19.0 Å². The number of aromatic nitrogens is 1. The highest BCUT2D eigenvalue weighted by molar-refractivity contribution is 5.94. The molecule has 1 aliphatic heterocycles. The molecular weight excluding hydrogens is 670 g/mol. The van der Waals surface area contributed by atoms with E-state index < -0.39 is 35.0 Å². The van der Waals surface area contributed by atoms with Crippen LogP contribution in [0.1, 0.15) is 64.3 Å². The number of nitrogens with one attached hydrogen (secondary N) is 1. The van der Waals surface area contributed by atoms with Crippen molar-refractivity contribution in [3.05, 3.63) is 129 Å². The number of ether oxygens (including phenoxy) is 2. The Bertz CT molecular complexity index is 2020. The topological polar surface area (TPSA) is 220 Å². The Labute approximate surface area is 300 Å². The molecule has 0 radical (unpaired) electrons. The van der Waals surface area contributed by atoms with Gasteiger partial charge in [0.25, 0.3) is 0 Å². The van der Waals surface area contributed by atoms with Gasteiger partial charge < -0.3 is 40.3 Å². The summed E-state index contributed by atoms with van der Waals surface area (Å²) in [5.74, 6) is -4.62. The van der Waals surface area contributed by atoms with Gasteiger partial charge in [-0.1, -0.05) is 65.7 Å². The summed E-state index contributed by atoms with van der Waals surface area (Å²) in [7, 11) is 1.50. The van der Waals surface area contributed by atoms with E-state index in [-0.39, 0.29) is 16.7 Å². The number of carboxylic acids is 3. The van der Waals surface area contributed by atoms with Crippen LogP contribution >= 0.6 is 0 Å². The highest BCUT2D eigenvalue weighted by Gasteiger charge is 2.63. The van der Waals surface area contributed by atoms with Crippen molar-refractivity contribution in [2.24, 2.45) is 0 Å². The van der Waals surface area contributed by atoms with Crippen molar-refractivity contribution in [1.29, 1.82) is 5.26 Å². The minimum atomic E-state index is -3.07. The fourth-order valence-electron chi connectivity index (χ4n) is 6.09. The summed E-state index contributed by atoms with van der Waals surface area (Å²) in [5.41, 5.74) is -0.932. The molecule has 3 aromatic carbocycles. The molecule has 0 amide bonds. The van der Waals surface area contributed by atoms with Crippen molar-refractivity contribution in [3.8, 4) is 17.7 Å². The number of pyridine rings is 1. The molecule has 270 valence electrons. The van der Waals surface area contributed by atoms with Gasteiger partial charge in [-0.2, -0.15) is 5.26 Å². The van der Waals surface area contributed by atoms with Crippen LogP contribution in [0.5, 0.6) is 11.6 Å². The molecule has 5 rings (SSSR count). The largest absolute Gasteiger partial charge is 0.496 e. The number of benzene rings is 3. The predicted octanol–water partition coefficient (Wildman–Crippen LogP) is 5.13. The molecular formula is C39H39N3O10. The highest BCUT2D eigenvalue weighted by atomic mass is 16.5. The summed E-state index contributed by atoms with van der Waals surface area (Å²) >= 11 is 0. The summed E-state index contributed by atoms with van der Waals surface area (Å²) in [6.07, 6.45) is 1.70. The number of hydrogen-bond acceptors (Lipinski definition) is 10. The van der Waals surface area contributed by atoms with Crippen LogP contribution < -0.4 is 14.8 Å². The molecule has 13 nitrogen and oxygen atoms in total. The Morgan fingerprint density at radius 1 is 0.865 bits per heavy atom. The van der Waals surface area contributed by atoms with E-state index in [1.807, 2.05) is 13.8 Å².